The van der Waals surface area contributed by atoms with Crippen LogP contribution in [0.15, 0.2) is 36.5 Å². The fourth-order valence-electron chi connectivity index (χ4n) is 1.72. The van der Waals surface area contributed by atoms with Gasteiger partial charge < -0.3 is 5.11 Å². The fraction of sp³-hybridized carbons (Fsp3) is 0.133. The minimum absolute atomic E-state index is 0. The molecule has 2 nitrogen and oxygen atoms in total. The molecule has 0 atom stereocenters. The van der Waals surface area contributed by atoms with Crippen molar-refractivity contribution in [2.75, 3.05) is 0 Å². The number of hydrogen-bond acceptors (Lipinski definition) is 3. The lowest BCUT2D eigenvalue weighted by molar-refractivity contribution is 0.462. The van der Waals surface area contributed by atoms with Crippen LogP contribution in [0.4, 0.5) is 0 Å². The van der Waals surface area contributed by atoms with Gasteiger partial charge in [0, 0.05) is 23.1 Å². The number of benzene rings is 1. The van der Waals surface area contributed by atoms with Gasteiger partial charge in [-0.15, -0.1) is 12.4 Å². The predicted molar refractivity (Wildman–Crippen MR) is 85.9 cm³/mol. The van der Waals surface area contributed by atoms with Crippen molar-refractivity contribution in [2.45, 2.75) is 12.7 Å². The van der Waals surface area contributed by atoms with E-state index in [-0.39, 0.29) is 18.2 Å². The van der Waals surface area contributed by atoms with Crippen molar-refractivity contribution in [3.05, 3.63) is 58.9 Å². The largest absolute Gasteiger partial charge is 0.506 e. The Morgan fingerprint density at radius 1 is 1.21 bits per heavy atom. The molecule has 0 bridgehead atoms. The van der Waals surface area contributed by atoms with E-state index in [9.17, 15) is 5.11 Å². The average Bonchev–Trinajstić information content (AvgIpc) is 2.41. The van der Waals surface area contributed by atoms with Crippen molar-refractivity contribution < 1.29 is 5.11 Å². The van der Waals surface area contributed by atoms with Crippen LogP contribution in [0.2, 0.25) is 0 Å². The lowest BCUT2D eigenvalue weighted by atomic mass is 10.1. The first-order valence-electron chi connectivity index (χ1n) is 5.74. The number of aromatic hydroxyl groups is 1. The Morgan fingerprint density at radius 2 is 1.89 bits per heavy atom. The molecule has 0 saturated heterocycles. The molecule has 0 spiro atoms. The summed E-state index contributed by atoms with van der Waals surface area (Å²) in [5.74, 6) is 0.726. The van der Waals surface area contributed by atoms with E-state index < -0.39 is 0 Å². The minimum atomic E-state index is 0. The van der Waals surface area contributed by atoms with Crippen LogP contribution < -0.4 is 0 Å². The van der Waals surface area contributed by atoms with Crippen LogP contribution in [0, 0.1) is 6.92 Å². The van der Waals surface area contributed by atoms with Gasteiger partial charge in [-0.2, -0.15) is 12.6 Å². The molecule has 0 radical (unpaired) electrons. The number of nitrogens with zero attached hydrogens (tertiary/aromatic N) is 1. The van der Waals surface area contributed by atoms with E-state index in [0.29, 0.717) is 11.4 Å². The lowest BCUT2D eigenvalue weighted by Crippen LogP contribution is -1.92. The molecule has 2 rings (SSSR count). The molecular weight excluding hydrogens is 278 g/mol. The first-order valence-corrected chi connectivity index (χ1v) is 6.37. The average molecular weight is 294 g/mol. The highest BCUT2D eigenvalue weighted by molar-refractivity contribution is 7.79. The summed E-state index contributed by atoms with van der Waals surface area (Å²) in [5, 5.41) is 9.93. The molecule has 19 heavy (non-hydrogen) atoms. The second kappa shape index (κ2) is 7.22. The third kappa shape index (κ3) is 3.75. The Hall–Kier alpha value is -1.45. The molecule has 0 unspecified atom stereocenters. The number of aryl methyl sites for hydroxylation is 1. The maximum atomic E-state index is 9.93. The van der Waals surface area contributed by atoms with E-state index in [1.165, 1.54) is 0 Å². The van der Waals surface area contributed by atoms with Gasteiger partial charge in [0.05, 0.1) is 5.69 Å². The van der Waals surface area contributed by atoms with Crippen molar-refractivity contribution in [3.8, 4) is 5.75 Å². The van der Waals surface area contributed by atoms with Gasteiger partial charge in [-0.05, 0) is 12.5 Å². The lowest BCUT2D eigenvalue weighted by Gasteiger charge is -2.07. The van der Waals surface area contributed by atoms with E-state index in [2.05, 4.69) is 17.6 Å². The van der Waals surface area contributed by atoms with Crippen LogP contribution in [-0.2, 0) is 5.75 Å². The molecule has 1 aromatic heterocycles. The van der Waals surface area contributed by atoms with Gasteiger partial charge in [-0.1, -0.05) is 42.5 Å². The molecule has 0 aliphatic rings. The molecule has 0 saturated carbocycles. The fourth-order valence-corrected chi connectivity index (χ4v) is 2.05. The molecule has 1 heterocycles. The summed E-state index contributed by atoms with van der Waals surface area (Å²) in [6, 6.07) is 10.0. The summed E-state index contributed by atoms with van der Waals surface area (Å²) >= 11 is 4.26. The van der Waals surface area contributed by atoms with Crippen LogP contribution in [0.3, 0.4) is 0 Å². The molecule has 0 aliphatic carbocycles. The Kier molecular flexibility index (Phi) is 5.93. The van der Waals surface area contributed by atoms with Gasteiger partial charge in [0.25, 0.3) is 0 Å². The molecule has 1 aromatic carbocycles. The number of halogens is 1. The molecular formula is C15H16ClNOS. The van der Waals surface area contributed by atoms with Crippen LogP contribution in [0.1, 0.15) is 22.4 Å². The third-order valence-corrected chi connectivity index (χ3v) is 3.10. The summed E-state index contributed by atoms with van der Waals surface area (Å²) in [6.45, 7) is 1.78. The van der Waals surface area contributed by atoms with Crippen molar-refractivity contribution >= 4 is 37.2 Å². The first kappa shape index (κ1) is 15.6. The maximum absolute atomic E-state index is 9.93. The van der Waals surface area contributed by atoms with E-state index in [1.807, 2.05) is 42.5 Å². The zero-order valence-corrected chi connectivity index (χ0v) is 12.3. The Labute approximate surface area is 125 Å². The van der Waals surface area contributed by atoms with E-state index in [1.54, 1.807) is 13.1 Å². The van der Waals surface area contributed by atoms with Gasteiger partial charge in [-0.25, -0.2) is 0 Å². The number of thiol groups is 1. The van der Waals surface area contributed by atoms with Gasteiger partial charge in [0.15, 0.2) is 0 Å². The van der Waals surface area contributed by atoms with E-state index >= 15 is 0 Å². The van der Waals surface area contributed by atoms with Crippen LogP contribution in [0.25, 0.3) is 12.2 Å². The van der Waals surface area contributed by atoms with Crippen LogP contribution in [0.5, 0.6) is 5.75 Å². The van der Waals surface area contributed by atoms with Crippen molar-refractivity contribution in [1.29, 1.82) is 0 Å². The first-order chi connectivity index (χ1) is 8.72. The maximum Gasteiger partial charge on any atom is 0.141 e. The summed E-state index contributed by atoms with van der Waals surface area (Å²) in [4.78, 5) is 4.16. The molecule has 0 fully saturated rings. The SMILES string of the molecule is Cc1ncc(/C=C/c2ccccc2)c(CS)c1O.Cl. The summed E-state index contributed by atoms with van der Waals surface area (Å²) in [7, 11) is 0. The molecule has 4 heteroatoms. The Morgan fingerprint density at radius 3 is 2.53 bits per heavy atom. The minimum Gasteiger partial charge on any atom is -0.506 e. The van der Waals surface area contributed by atoms with Gasteiger partial charge in [-0.3, -0.25) is 4.98 Å². The normalized spacial score (nSPS) is 10.4. The molecule has 2 aromatic rings. The summed E-state index contributed by atoms with van der Waals surface area (Å²) < 4.78 is 0. The van der Waals surface area contributed by atoms with Crippen molar-refractivity contribution in [3.63, 3.8) is 0 Å². The smallest absolute Gasteiger partial charge is 0.141 e. The quantitative estimate of drug-likeness (QED) is 0.835. The predicted octanol–water partition coefficient (Wildman–Crippen LogP) is 4.12. The van der Waals surface area contributed by atoms with E-state index in [0.717, 1.165) is 16.7 Å². The number of aromatic nitrogens is 1. The highest BCUT2D eigenvalue weighted by atomic mass is 35.5. The van der Waals surface area contributed by atoms with Gasteiger partial charge in [0.2, 0.25) is 0 Å². The molecule has 100 valence electrons. The Bertz CT molecular complexity index is 570. The highest BCUT2D eigenvalue weighted by Gasteiger charge is 2.07. The second-order valence-electron chi connectivity index (χ2n) is 4.03. The monoisotopic (exact) mass is 293 g/mol. The van der Waals surface area contributed by atoms with Crippen LogP contribution in [-0.4, -0.2) is 10.1 Å². The summed E-state index contributed by atoms with van der Waals surface area (Å²) in [6.07, 6.45) is 5.71. The van der Waals surface area contributed by atoms with Gasteiger partial charge >= 0.3 is 0 Å². The zero-order chi connectivity index (χ0) is 13.0. The number of hydrogen-bond donors (Lipinski definition) is 2. The number of rotatable bonds is 3. The van der Waals surface area contributed by atoms with E-state index in [4.69, 9.17) is 0 Å². The molecule has 1 N–H and O–H groups in total. The Balaban J connectivity index is 0.00000180. The number of pyridine rings is 1. The second-order valence-corrected chi connectivity index (χ2v) is 4.34. The zero-order valence-electron chi connectivity index (χ0n) is 10.6. The topological polar surface area (TPSA) is 33.1 Å². The molecule has 0 aliphatic heterocycles. The van der Waals surface area contributed by atoms with Crippen molar-refractivity contribution in [2.24, 2.45) is 0 Å². The van der Waals surface area contributed by atoms with Crippen molar-refractivity contribution in [1.82, 2.24) is 4.98 Å². The highest BCUT2D eigenvalue weighted by Crippen LogP contribution is 2.26. The molecule has 0 amide bonds. The van der Waals surface area contributed by atoms with Gasteiger partial charge in [0.1, 0.15) is 5.75 Å². The standard InChI is InChI=1S/C15H15NOS.ClH/c1-11-15(17)14(10-18)13(9-16-11)8-7-12-5-3-2-4-6-12;/h2-9,17-18H,10H2,1H3;1H/b8-7+;. The summed E-state index contributed by atoms with van der Waals surface area (Å²) in [5.41, 5.74) is 3.47. The van der Waals surface area contributed by atoms with Crippen LogP contribution >= 0.6 is 25.0 Å². The third-order valence-electron chi connectivity index (χ3n) is 2.79.